The smallest absolute Gasteiger partial charge is 0.265 e. The highest BCUT2D eigenvalue weighted by Crippen LogP contribution is 2.30. The highest BCUT2D eigenvalue weighted by Gasteiger charge is 2.27. The maximum Gasteiger partial charge on any atom is 0.265 e. The fourth-order valence-electron chi connectivity index (χ4n) is 3.07. The topological polar surface area (TPSA) is 83.3 Å². The van der Waals surface area contributed by atoms with E-state index in [0.717, 1.165) is 37.7 Å². The number of nitrogens with zero attached hydrogens (tertiary/aromatic N) is 2. The first-order valence-electron chi connectivity index (χ1n) is 7.68. The SMILES string of the molecule is CC1CCCC1NC(=O)c1sc(N2CCNCC2)nc1N. The van der Waals surface area contributed by atoms with Gasteiger partial charge in [-0.05, 0) is 18.8 Å². The molecule has 2 heterocycles. The third-order valence-corrected chi connectivity index (χ3v) is 5.54. The van der Waals surface area contributed by atoms with Crippen LogP contribution in [0.1, 0.15) is 35.9 Å². The molecule has 4 N–H and O–H groups in total. The van der Waals surface area contributed by atoms with Crippen LogP contribution in [-0.2, 0) is 0 Å². The Balaban J connectivity index is 1.69. The van der Waals surface area contributed by atoms with Gasteiger partial charge in [0.25, 0.3) is 5.91 Å². The number of piperazine rings is 1. The Morgan fingerprint density at radius 1 is 1.43 bits per heavy atom. The Morgan fingerprint density at radius 3 is 2.86 bits per heavy atom. The third kappa shape index (κ3) is 3.13. The lowest BCUT2D eigenvalue weighted by Gasteiger charge is -2.26. The normalized spacial score (nSPS) is 26.0. The van der Waals surface area contributed by atoms with Gasteiger partial charge in [0.1, 0.15) is 10.7 Å². The first-order chi connectivity index (χ1) is 10.1. The lowest BCUT2D eigenvalue weighted by molar-refractivity contribution is 0.0934. The van der Waals surface area contributed by atoms with Crippen molar-refractivity contribution in [3.63, 3.8) is 0 Å². The molecule has 116 valence electrons. The van der Waals surface area contributed by atoms with E-state index in [1.807, 2.05) is 0 Å². The molecular weight excluding hydrogens is 286 g/mol. The molecule has 2 fully saturated rings. The third-order valence-electron chi connectivity index (χ3n) is 4.41. The molecule has 2 aliphatic rings. The Bertz CT molecular complexity index is 511. The number of carbonyl (C=O) groups is 1. The number of carbonyl (C=O) groups excluding carboxylic acids is 1. The van der Waals surface area contributed by atoms with Crippen LogP contribution in [0.4, 0.5) is 10.9 Å². The number of amides is 1. The fraction of sp³-hybridized carbons (Fsp3) is 0.714. The summed E-state index contributed by atoms with van der Waals surface area (Å²) in [6.07, 6.45) is 3.45. The molecule has 1 saturated heterocycles. The maximum atomic E-state index is 12.4. The number of nitrogens with two attached hydrogens (primary N) is 1. The molecule has 1 amide bonds. The van der Waals surface area contributed by atoms with Gasteiger partial charge in [-0.1, -0.05) is 24.7 Å². The molecule has 1 aromatic heterocycles. The van der Waals surface area contributed by atoms with Crippen LogP contribution in [0.15, 0.2) is 0 Å². The van der Waals surface area contributed by atoms with E-state index in [9.17, 15) is 4.79 Å². The summed E-state index contributed by atoms with van der Waals surface area (Å²) < 4.78 is 0. The van der Waals surface area contributed by atoms with Gasteiger partial charge in [-0.25, -0.2) is 4.98 Å². The van der Waals surface area contributed by atoms with E-state index in [0.29, 0.717) is 16.6 Å². The summed E-state index contributed by atoms with van der Waals surface area (Å²) in [5.41, 5.74) is 5.95. The predicted octanol–water partition coefficient (Wildman–Crippen LogP) is 1.05. The molecule has 0 radical (unpaired) electrons. The van der Waals surface area contributed by atoms with Crippen molar-refractivity contribution in [3.05, 3.63) is 4.88 Å². The highest BCUT2D eigenvalue weighted by atomic mass is 32.1. The second kappa shape index (κ2) is 6.19. The first-order valence-corrected chi connectivity index (χ1v) is 8.49. The van der Waals surface area contributed by atoms with E-state index in [2.05, 4.69) is 27.4 Å². The number of aromatic nitrogens is 1. The van der Waals surface area contributed by atoms with Crippen molar-refractivity contribution in [2.24, 2.45) is 5.92 Å². The predicted molar refractivity (Wildman–Crippen MR) is 85.9 cm³/mol. The molecule has 0 spiro atoms. The van der Waals surface area contributed by atoms with Gasteiger partial charge in [0.2, 0.25) is 0 Å². The number of hydrogen-bond donors (Lipinski definition) is 3. The van der Waals surface area contributed by atoms with Gasteiger partial charge < -0.3 is 21.3 Å². The summed E-state index contributed by atoms with van der Waals surface area (Å²) in [6.45, 7) is 5.91. The van der Waals surface area contributed by atoms with Gasteiger partial charge in [0.05, 0.1) is 0 Å². The Labute approximate surface area is 129 Å². The van der Waals surface area contributed by atoms with Crippen molar-refractivity contribution in [2.75, 3.05) is 36.8 Å². The van der Waals surface area contributed by atoms with E-state index in [1.54, 1.807) is 0 Å². The second-order valence-electron chi connectivity index (χ2n) is 5.94. The largest absolute Gasteiger partial charge is 0.382 e. The van der Waals surface area contributed by atoms with Crippen molar-refractivity contribution >= 4 is 28.2 Å². The van der Waals surface area contributed by atoms with Crippen molar-refractivity contribution in [1.82, 2.24) is 15.6 Å². The van der Waals surface area contributed by atoms with Crippen LogP contribution in [0.3, 0.4) is 0 Å². The monoisotopic (exact) mass is 309 g/mol. The zero-order valence-corrected chi connectivity index (χ0v) is 13.2. The van der Waals surface area contributed by atoms with Crippen molar-refractivity contribution < 1.29 is 4.79 Å². The van der Waals surface area contributed by atoms with Crippen molar-refractivity contribution in [1.29, 1.82) is 0 Å². The molecule has 3 rings (SSSR count). The maximum absolute atomic E-state index is 12.4. The van der Waals surface area contributed by atoms with Crippen LogP contribution >= 0.6 is 11.3 Å². The summed E-state index contributed by atoms with van der Waals surface area (Å²) >= 11 is 1.41. The molecule has 1 aliphatic heterocycles. The average Bonchev–Trinajstić information content (AvgIpc) is 3.06. The molecule has 0 bridgehead atoms. The number of rotatable bonds is 3. The standard InChI is InChI=1S/C14H23N5OS/c1-9-3-2-4-10(9)17-13(20)11-12(15)18-14(21-11)19-7-5-16-6-8-19/h9-10,16H,2-8,15H2,1H3,(H,17,20). The summed E-state index contributed by atoms with van der Waals surface area (Å²) in [5, 5.41) is 7.29. The summed E-state index contributed by atoms with van der Waals surface area (Å²) in [7, 11) is 0. The van der Waals surface area contributed by atoms with E-state index in [-0.39, 0.29) is 11.9 Å². The molecule has 2 unspecified atom stereocenters. The van der Waals surface area contributed by atoms with Crippen LogP contribution in [0.25, 0.3) is 0 Å². The van der Waals surface area contributed by atoms with Gasteiger partial charge in [-0.2, -0.15) is 0 Å². The van der Waals surface area contributed by atoms with Crippen LogP contribution in [0.2, 0.25) is 0 Å². The van der Waals surface area contributed by atoms with Gasteiger partial charge in [0, 0.05) is 32.2 Å². The second-order valence-corrected chi connectivity index (χ2v) is 6.91. The Hall–Kier alpha value is -1.34. The lowest BCUT2D eigenvalue weighted by Crippen LogP contribution is -2.43. The van der Waals surface area contributed by atoms with Crippen molar-refractivity contribution in [3.8, 4) is 0 Å². The number of hydrogen-bond acceptors (Lipinski definition) is 6. The lowest BCUT2D eigenvalue weighted by atomic mass is 10.1. The highest BCUT2D eigenvalue weighted by molar-refractivity contribution is 7.18. The molecule has 1 aromatic rings. The summed E-state index contributed by atoms with van der Waals surface area (Å²) in [4.78, 5) is 19.5. The van der Waals surface area contributed by atoms with Gasteiger partial charge >= 0.3 is 0 Å². The quantitative estimate of drug-likeness (QED) is 0.777. The zero-order valence-electron chi connectivity index (χ0n) is 12.4. The number of nitrogens with one attached hydrogen (secondary N) is 2. The van der Waals surface area contributed by atoms with E-state index < -0.39 is 0 Å². The minimum Gasteiger partial charge on any atom is -0.382 e. The van der Waals surface area contributed by atoms with E-state index >= 15 is 0 Å². The molecular formula is C14H23N5OS. The Morgan fingerprint density at radius 2 is 2.19 bits per heavy atom. The zero-order chi connectivity index (χ0) is 14.8. The number of anilines is 2. The molecule has 21 heavy (non-hydrogen) atoms. The van der Waals surface area contributed by atoms with Gasteiger partial charge in [0.15, 0.2) is 5.13 Å². The Kier molecular flexibility index (Phi) is 4.30. The number of thiazole rings is 1. The summed E-state index contributed by atoms with van der Waals surface area (Å²) in [5.74, 6) is 0.845. The molecule has 0 aromatic carbocycles. The molecule has 1 aliphatic carbocycles. The average molecular weight is 309 g/mol. The van der Waals surface area contributed by atoms with E-state index in [1.165, 1.54) is 24.2 Å². The van der Waals surface area contributed by atoms with Crippen LogP contribution in [-0.4, -0.2) is 43.1 Å². The minimum absolute atomic E-state index is 0.0647. The molecule has 6 nitrogen and oxygen atoms in total. The van der Waals surface area contributed by atoms with Crippen LogP contribution in [0, 0.1) is 5.92 Å². The van der Waals surface area contributed by atoms with Gasteiger partial charge in [-0.3, -0.25) is 4.79 Å². The molecule has 1 saturated carbocycles. The van der Waals surface area contributed by atoms with Crippen LogP contribution in [0.5, 0.6) is 0 Å². The minimum atomic E-state index is -0.0647. The first kappa shape index (κ1) is 14.6. The van der Waals surface area contributed by atoms with Crippen LogP contribution < -0.4 is 21.3 Å². The van der Waals surface area contributed by atoms with Crippen molar-refractivity contribution in [2.45, 2.75) is 32.2 Å². The van der Waals surface area contributed by atoms with Gasteiger partial charge in [-0.15, -0.1) is 0 Å². The fourth-order valence-corrected chi connectivity index (χ4v) is 4.01. The molecule has 2 atom stereocenters. The number of nitrogen functional groups attached to an aromatic ring is 1. The summed E-state index contributed by atoms with van der Waals surface area (Å²) in [6, 6.07) is 0.279. The molecule has 7 heteroatoms. The van der Waals surface area contributed by atoms with E-state index in [4.69, 9.17) is 5.73 Å².